The maximum atomic E-state index is 4.82. The molecule has 26 heavy (non-hydrogen) atoms. The Morgan fingerprint density at radius 1 is 0.885 bits per heavy atom. The summed E-state index contributed by atoms with van der Waals surface area (Å²) < 4.78 is 1.97. The van der Waals surface area contributed by atoms with E-state index in [-0.39, 0.29) is 10.8 Å². The second kappa shape index (κ2) is 5.37. The largest absolute Gasteiger partial charge is 0.401 e. The average Bonchev–Trinajstić information content (AvgIpc) is 3.16. The van der Waals surface area contributed by atoms with Crippen molar-refractivity contribution in [2.24, 2.45) is 0 Å². The van der Waals surface area contributed by atoms with Crippen molar-refractivity contribution in [1.82, 2.24) is 24.9 Å². The highest BCUT2D eigenvalue weighted by atomic mass is 15.2. The summed E-state index contributed by atoms with van der Waals surface area (Å²) in [5, 5.41) is 0. The van der Waals surface area contributed by atoms with Crippen molar-refractivity contribution < 1.29 is 4.57 Å². The van der Waals surface area contributed by atoms with Crippen molar-refractivity contribution in [3.63, 3.8) is 0 Å². The number of nitrogens with one attached hydrogen (secondary N) is 2. The van der Waals surface area contributed by atoms with Crippen LogP contribution in [0, 0.1) is 0 Å². The fraction of sp³-hybridized carbons (Fsp3) is 0.400. The van der Waals surface area contributed by atoms with E-state index in [4.69, 9.17) is 9.97 Å². The van der Waals surface area contributed by atoms with Gasteiger partial charge in [0.15, 0.2) is 0 Å². The first-order chi connectivity index (χ1) is 12.1. The number of nitrogens with zero attached hydrogens (tertiary/aromatic N) is 4. The molecule has 0 atom stereocenters. The number of fused-ring (bicyclic) bond motifs is 2. The first kappa shape index (κ1) is 16.7. The Kier molecular flexibility index (Phi) is 3.45. The lowest BCUT2D eigenvalue weighted by Crippen LogP contribution is -2.31. The summed E-state index contributed by atoms with van der Waals surface area (Å²) in [6, 6.07) is 4.00. The normalized spacial score (nSPS) is 13.0. The second-order valence-corrected chi connectivity index (χ2v) is 8.85. The van der Waals surface area contributed by atoms with Gasteiger partial charge in [-0.05, 0) is 12.1 Å². The van der Waals surface area contributed by atoms with Crippen LogP contribution in [0.3, 0.4) is 0 Å². The highest BCUT2D eigenvalue weighted by Crippen LogP contribution is 2.26. The smallest absolute Gasteiger partial charge is 0.341 e. The summed E-state index contributed by atoms with van der Waals surface area (Å²) in [4.78, 5) is 20.9. The molecular weight excluding hydrogens is 324 g/mol. The zero-order chi connectivity index (χ0) is 18.7. The van der Waals surface area contributed by atoms with Crippen LogP contribution >= 0.6 is 0 Å². The van der Waals surface area contributed by atoms with Gasteiger partial charge < -0.3 is 4.98 Å². The minimum atomic E-state index is -0.0651. The summed E-state index contributed by atoms with van der Waals surface area (Å²) in [5.41, 5.74) is 4.77. The molecule has 0 saturated heterocycles. The quantitative estimate of drug-likeness (QED) is 0.515. The summed E-state index contributed by atoms with van der Waals surface area (Å²) in [6.45, 7) is 12.9. The summed E-state index contributed by atoms with van der Waals surface area (Å²) in [5.74, 6) is 1.75. The standard InChI is InChI=1S/C20H24N6/c1-19(2,3)16-15-13(7-9-21-16)24-18(25-15)26-10-8-12-14(11-26)23-17(22-12)20(4,5)6/h7-11H,1-6H3,(H,21,24,25)/p+1. The lowest BCUT2D eigenvalue weighted by Gasteiger charge is -2.15. The maximum Gasteiger partial charge on any atom is 0.401 e. The first-order valence-corrected chi connectivity index (χ1v) is 8.90. The third-order valence-electron chi connectivity index (χ3n) is 4.48. The highest BCUT2D eigenvalue weighted by molar-refractivity contribution is 5.79. The van der Waals surface area contributed by atoms with Crippen LogP contribution in [0.1, 0.15) is 53.1 Å². The van der Waals surface area contributed by atoms with Gasteiger partial charge in [-0.2, -0.15) is 0 Å². The fourth-order valence-corrected chi connectivity index (χ4v) is 3.04. The minimum absolute atomic E-state index is 0.0174. The van der Waals surface area contributed by atoms with Crippen molar-refractivity contribution in [2.45, 2.75) is 52.4 Å². The number of aromatic nitrogens is 6. The van der Waals surface area contributed by atoms with Gasteiger partial charge in [0, 0.05) is 17.0 Å². The molecule has 0 saturated carbocycles. The third kappa shape index (κ3) is 2.75. The van der Waals surface area contributed by atoms with Gasteiger partial charge in [-0.3, -0.25) is 4.98 Å². The molecule has 4 aromatic rings. The van der Waals surface area contributed by atoms with Crippen LogP contribution < -0.4 is 4.57 Å². The van der Waals surface area contributed by atoms with Crippen LogP contribution in [0.25, 0.3) is 28.0 Å². The molecule has 4 rings (SSSR count). The average molecular weight is 349 g/mol. The molecule has 0 unspecified atom stereocenters. The topological polar surface area (TPSA) is 74.1 Å². The van der Waals surface area contributed by atoms with E-state index in [1.54, 1.807) is 0 Å². The highest BCUT2D eigenvalue weighted by Gasteiger charge is 2.25. The van der Waals surface area contributed by atoms with Gasteiger partial charge in [0.2, 0.25) is 5.52 Å². The molecule has 0 amide bonds. The first-order valence-electron chi connectivity index (χ1n) is 8.90. The molecule has 0 aliphatic heterocycles. The number of imidazole rings is 2. The van der Waals surface area contributed by atoms with Gasteiger partial charge >= 0.3 is 5.95 Å². The van der Waals surface area contributed by atoms with E-state index in [2.05, 4.69) is 56.5 Å². The number of aromatic amines is 2. The van der Waals surface area contributed by atoms with Crippen LogP contribution in [0.2, 0.25) is 0 Å². The molecule has 0 bridgehead atoms. The molecular formula is C20H25N6+. The SMILES string of the molecule is CC(C)(C)c1nc2c[n+](-c3nc4c(C(C)(C)C)nccc4[nH]3)ccc2[nH]1. The fourth-order valence-electron chi connectivity index (χ4n) is 3.04. The molecule has 4 aromatic heterocycles. The van der Waals surface area contributed by atoms with E-state index >= 15 is 0 Å². The van der Waals surface area contributed by atoms with Crippen LogP contribution in [0.4, 0.5) is 0 Å². The Hall–Kier alpha value is -2.76. The lowest BCUT2D eigenvalue weighted by atomic mass is 9.91. The summed E-state index contributed by atoms with van der Waals surface area (Å²) in [6.07, 6.45) is 5.83. The van der Waals surface area contributed by atoms with Gasteiger partial charge in [0.1, 0.15) is 16.9 Å². The maximum absolute atomic E-state index is 4.82. The van der Waals surface area contributed by atoms with Gasteiger partial charge in [-0.1, -0.05) is 46.5 Å². The van der Waals surface area contributed by atoms with Crippen LogP contribution in [-0.2, 0) is 10.8 Å². The Labute approximate surface area is 152 Å². The van der Waals surface area contributed by atoms with Gasteiger partial charge in [-0.15, -0.1) is 0 Å². The van der Waals surface area contributed by atoms with Crippen LogP contribution in [0.5, 0.6) is 0 Å². The van der Waals surface area contributed by atoms with Crippen molar-refractivity contribution in [3.05, 3.63) is 42.2 Å². The van der Waals surface area contributed by atoms with E-state index in [9.17, 15) is 0 Å². The molecule has 0 aliphatic carbocycles. The van der Waals surface area contributed by atoms with Gasteiger partial charge in [0.05, 0.1) is 23.6 Å². The monoisotopic (exact) mass is 349 g/mol. The predicted molar refractivity (Wildman–Crippen MR) is 102 cm³/mol. The van der Waals surface area contributed by atoms with E-state index in [0.29, 0.717) is 0 Å². The van der Waals surface area contributed by atoms with Gasteiger partial charge in [-0.25, -0.2) is 14.5 Å². The molecule has 4 heterocycles. The van der Waals surface area contributed by atoms with E-state index < -0.39 is 0 Å². The van der Waals surface area contributed by atoms with E-state index in [1.807, 2.05) is 35.3 Å². The third-order valence-corrected chi connectivity index (χ3v) is 4.48. The minimum Gasteiger partial charge on any atom is -0.341 e. The molecule has 0 aliphatic rings. The Balaban J connectivity index is 1.85. The van der Waals surface area contributed by atoms with Gasteiger partial charge in [0.25, 0.3) is 0 Å². The summed E-state index contributed by atoms with van der Waals surface area (Å²) >= 11 is 0. The number of hydrogen-bond donors (Lipinski definition) is 2. The number of rotatable bonds is 1. The van der Waals surface area contributed by atoms with E-state index in [1.165, 1.54) is 0 Å². The Morgan fingerprint density at radius 2 is 1.65 bits per heavy atom. The lowest BCUT2D eigenvalue weighted by molar-refractivity contribution is -0.601. The molecule has 0 spiro atoms. The van der Waals surface area contributed by atoms with Crippen molar-refractivity contribution in [1.29, 1.82) is 0 Å². The number of H-pyrrole nitrogens is 2. The molecule has 0 aromatic carbocycles. The molecule has 134 valence electrons. The predicted octanol–water partition coefficient (Wildman–Crippen LogP) is 3.71. The number of hydrogen-bond acceptors (Lipinski definition) is 3. The Bertz CT molecular complexity index is 1100. The summed E-state index contributed by atoms with van der Waals surface area (Å²) in [7, 11) is 0. The van der Waals surface area contributed by atoms with E-state index in [0.717, 1.165) is 39.5 Å². The zero-order valence-corrected chi connectivity index (χ0v) is 16.2. The second-order valence-electron chi connectivity index (χ2n) is 8.85. The molecule has 0 radical (unpaired) electrons. The number of pyridine rings is 2. The molecule has 6 nitrogen and oxygen atoms in total. The molecule has 0 fully saturated rings. The zero-order valence-electron chi connectivity index (χ0n) is 16.2. The van der Waals surface area contributed by atoms with Crippen molar-refractivity contribution >= 4 is 22.1 Å². The molecule has 2 N–H and O–H groups in total. The molecule has 6 heteroatoms. The van der Waals surface area contributed by atoms with Crippen LogP contribution in [0.15, 0.2) is 30.7 Å². The van der Waals surface area contributed by atoms with Crippen LogP contribution in [-0.4, -0.2) is 24.9 Å². The van der Waals surface area contributed by atoms with Crippen molar-refractivity contribution in [3.8, 4) is 5.95 Å². The van der Waals surface area contributed by atoms with Crippen molar-refractivity contribution in [2.75, 3.05) is 0 Å². The Morgan fingerprint density at radius 3 is 2.35 bits per heavy atom.